The Balaban J connectivity index is 1.66. The normalized spacial score (nSPS) is 11.3. The van der Waals surface area contributed by atoms with Crippen molar-refractivity contribution >= 4 is 18.1 Å². The molecule has 142 valence electrons. The molecule has 0 amide bonds. The highest BCUT2D eigenvalue weighted by molar-refractivity contribution is 5.85. The van der Waals surface area contributed by atoms with E-state index in [4.69, 9.17) is 9.84 Å². The molecule has 1 heterocycles. The second-order valence-corrected chi connectivity index (χ2v) is 6.20. The van der Waals surface area contributed by atoms with E-state index in [0.29, 0.717) is 18.9 Å². The molecule has 0 atom stereocenters. The summed E-state index contributed by atoms with van der Waals surface area (Å²) in [7, 11) is 0. The smallest absolute Gasteiger partial charge is 0.328 e. The molecule has 5 heteroatoms. The van der Waals surface area contributed by atoms with Crippen molar-refractivity contribution in [2.24, 2.45) is 0 Å². The second kappa shape index (κ2) is 9.92. The van der Waals surface area contributed by atoms with Crippen molar-refractivity contribution in [3.63, 3.8) is 0 Å². The first kappa shape index (κ1) is 19.2. The molecule has 0 saturated carbocycles. The Labute approximate surface area is 164 Å². The number of carboxylic acids is 1. The van der Waals surface area contributed by atoms with Gasteiger partial charge in [0, 0.05) is 24.0 Å². The van der Waals surface area contributed by atoms with Crippen LogP contribution >= 0.6 is 0 Å². The molecule has 0 saturated heterocycles. The molecule has 3 rings (SSSR count). The molecule has 1 N–H and O–H groups in total. The highest BCUT2D eigenvalue weighted by Crippen LogP contribution is 2.23. The van der Waals surface area contributed by atoms with E-state index in [2.05, 4.69) is 17.3 Å². The summed E-state index contributed by atoms with van der Waals surface area (Å²) >= 11 is 0. The number of hydrogen-bond acceptors (Lipinski definition) is 3. The zero-order valence-corrected chi connectivity index (χ0v) is 15.4. The van der Waals surface area contributed by atoms with Crippen LogP contribution < -0.4 is 4.74 Å². The Morgan fingerprint density at radius 3 is 2.71 bits per heavy atom. The molecule has 0 bridgehead atoms. The van der Waals surface area contributed by atoms with Gasteiger partial charge in [0.2, 0.25) is 0 Å². The lowest BCUT2D eigenvalue weighted by molar-refractivity contribution is -0.131. The maximum Gasteiger partial charge on any atom is 0.328 e. The van der Waals surface area contributed by atoms with Crippen LogP contribution in [0.4, 0.5) is 0 Å². The van der Waals surface area contributed by atoms with Crippen LogP contribution in [0.1, 0.15) is 23.1 Å². The maximum absolute atomic E-state index is 10.8. The molecule has 0 spiro atoms. The van der Waals surface area contributed by atoms with Crippen LogP contribution in [0.25, 0.3) is 12.2 Å². The van der Waals surface area contributed by atoms with Crippen molar-refractivity contribution in [3.8, 4) is 5.75 Å². The van der Waals surface area contributed by atoms with Crippen LogP contribution in [0.5, 0.6) is 5.75 Å². The van der Waals surface area contributed by atoms with Gasteiger partial charge in [0.15, 0.2) is 0 Å². The topological polar surface area (TPSA) is 64.3 Å². The minimum atomic E-state index is -0.989. The van der Waals surface area contributed by atoms with E-state index >= 15 is 0 Å². The number of carboxylic acid groups (broad SMARTS) is 1. The average Bonchev–Trinajstić information content (AvgIpc) is 3.21. The molecule has 0 aliphatic carbocycles. The predicted octanol–water partition coefficient (Wildman–Crippen LogP) is 4.51. The SMILES string of the molecule is O=C(O)C=Cc1ccc(Cn2cccn2)cc1OCCC=Cc1ccccc1. The van der Waals surface area contributed by atoms with Gasteiger partial charge in [0.05, 0.1) is 13.2 Å². The lowest BCUT2D eigenvalue weighted by Gasteiger charge is -2.11. The van der Waals surface area contributed by atoms with Crippen LogP contribution in [-0.4, -0.2) is 27.5 Å². The second-order valence-electron chi connectivity index (χ2n) is 6.20. The summed E-state index contributed by atoms with van der Waals surface area (Å²) in [5.41, 5.74) is 2.92. The van der Waals surface area contributed by atoms with Gasteiger partial charge < -0.3 is 9.84 Å². The van der Waals surface area contributed by atoms with Gasteiger partial charge in [0.1, 0.15) is 5.75 Å². The van der Waals surface area contributed by atoms with Crippen molar-refractivity contribution in [2.75, 3.05) is 6.61 Å². The third-order valence-electron chi connectivity index (χ3n) is 4.04. The fraction of sp³-hybridized carbons (Fsp3) is 0.130. The zero-order valence-electron chi connectivity index (χ0n) is 15.4. The van der Waals surface area contributed by atoms with Crippen LogP contribution in [0.3, 0.4) is 0 Å². The van der Waals surface area contributed by atoms with Crippen LogP contribution in [0.15, 0.2) is 79.1 Å². The Bertz CT molecular complexity index is 945. The van der Waals surface area contributed by atoms with E-state index in [1.807, 2.05) is 65.5 Å². The predicted molar refractivity (Wildman–Crippen MR) is 110 cm³/mol. The monoisotopic (exact) mass is 374 g/mol. The summed E-state index contributed by atoms with van der Waals surface area (Å²) in [5, 5.41) is 13.1. The van der Waals surface area contributed by atoms with Gasteiger partial charge in [-0.15, -0.1) is 0 Å². The lowest BCUT2D eigenvalue weighted by Crippen LogP contribution is -2.02. The third-order valence-corrected chi connectivity index (χ3v) is 4.04. The Kier molecular flexibility index (Phi) is 6.79. The van der Waals surface area contributed by atoms with Gasteiger partial charge in [-0.25, -0.2) is 4.79 Å². The maximum atomic E-state index is 10.8. The van der Waals surface area contributed by atoms with Gasteiger partial charge in [-0.3, -0.25) is 4.68 Å². The highest BCUT2D eigenvalue weighted by atomic mass is 16.5. The fourth-order valence-electron chi connectivity index (χ4n) is 2.70. The number of ether oxygens (including phenoxy) is 1. The number of aromatic nitrogens is 2. The van der Waals surface area contributed by atoms with Crippen LogP contribution in [-0.2, 0) is 11.3 Å². The van der Waals surface area contributed by atoms with Crippen LogP contribution in [0.2, 0.25) is 0 Å². The summed E-state index contributed by atoms with van der Waals surface area (Å²) in [6.07, 6.45) is 11.2. The van der Waals surface area contributed by atoms with Crippen molar-refractivity contribution in [2.45, 2.75) is 13.0 Å². The van der Waals surface area contributed by atoms with E-state index in [1.54, 1.807) is 12.3 Å². The molecule has 5 nitrogen and oxygen atoms in total. The molecule has 0 radical (unpaired) electrons. The van der Waals surface area contributed by atoms with Crippen molar-refractivity contribution in [1.29, 1.82) is 0 Å². The average molecular weight is 374 g/mol. The van der Waals surface area contributed by atoms with E-state index in [9.17, 15) is 4.79 Å². The summed E-state index contributed by atoms with van der Waals surface area (Å²) in [4.78, 5) is 10.8. The Morgan fingerprint density at radius 2 is 1.96 bits per heavy atom. The number of nitrogens with zero attached hydrogens (tertiary/aromatic N) is 2. The van der Waals surface area contributed by atoms with Crippen molar-refractivity contribution < 1.29 is 14.6 Å². The molecular weight excluding hydrogens is 352 g/mol. The molecule has 0 aliphatic heterocycles. The number of aliphatic carboxylic acids is 1. The van der Waals surface area contributed by atoms with Gasteiger partial charge >= 0.3 is 5.97 Å². The summed E-state index contributed by atoms with van der Waals surface area (Å²) in [6.45, 7) is 1.13. The molecule has 0 aliphatic rings. The first-order chi connectivity index (χ1) is 13.7. The van der Waals surface area contributed by atoms with Gasteiger partial charge in [-0.2, -0.15) is 5.10 Å². The molecule has 1 aromatic heterocycles. The largest absolute Gasteiger partial charge is 0.493 e. The quantitative estimate of drug-likeness (QED) is 0.442. The molecule has 28 heavy (non-hydrogen) atoms. The number of carbonyl (C=O) groups is 1. The summed E-state index contributed by atoms with van der Waals surface area (Å²) < 4.78 is 7.77. The Hall–Kier alpha value is -3.60. The minimum absolute atomic E-state index is 0.502. The molecule has 0 fully saturated rings. The summed E-state index contributed by atoms with van der Waals surface area (Å²) in [5.74, 6) is -0.326. The van der Waals surface area contributed by atoms with Gasteiger partial charge in [0.25, 0.3) is 0 Å². The minimum Gasteiger partial charge on any atom is -0.493 e. The molecule has 3 aromatic rings. The van der Waals surface area contributed by atoms with E-state index in [1.165, 1.54) is 0 Å². The van der Waals surface area contributed by atoms with Crippen molar-refractivity contribution in [1.82, 2.24) is 9.78 Å². The number of rotatable bonds is 9. The fourth-order valence-corrected chi connectivity index (χ4v) is 2.70. The highest BCUT2D eigenvalue weighted by Gasteiger charge is 2.05. The van der Waals surface area contributed by atoms with Gasteiger partial charge in [-0.05, 0) is 35.8 Å². The molecule has 0 unspecified atom stereocenters. The zero-order chi connectivity index (χ0) is 19.6. The van der Waals surface area contributed by atoms with E-state index in [0.717, 1.165) is 29.2 Å². The third kappa shape index (κ3) is 5.99. The van der Waals surface area contributed by atoms with E-state index < -0.39 is 5.97 Å². The standard InChI is InChI=1S/C23H22N2O3/c26-23(27)13-12-21-11-10-20(18-25-15-6-14-24-25)17-22(21)28-16-5-4-9-19-7-2-1-3-8-19/h1-4,6-15,17H,5,16,18H2,(H,26,27). The first-order valence-electron chi connectivity index (χ1n) is 9.06. The number of benzene rings is 2. The molecular formula is C23H22N2O3. The Morgan fingerprint density at radius 1 is 1.11 bits per heavy atom. The number of hydrogen-bond donors (Lipinski definition) is 1. The van der Waals surface area contributed by atoms with Gasteiger partial charge in [-0.1, -0.05) is 54.6 Å². The first-order valence-corrected chi connectivity index (χ1v) is 9.06. The van der Waals surface area contributed by atoms with Crippen molar-refractivity contribution in [3.05, 3.63) is 95.8 Å². The van der Waals surface area contributed by atoms with Crippen LogP contribution in [0, 0.1) is 0 Å². The summed E-state index contributed by atoms with van der Waals surface area (Å²) in [6, 6.07) is 17.7. The molecule has 2 aromatic carbocycles. The lowest BCUT2D eigenvalue weighted by atomic mass is 10.1. The van der Waals surface area contributed by atoms with E-state index in [-0.39, 0.29) is 0 Å².